The number of rotatable bonds is 5. The minimum atomic E-state index is -0.590. The molecule has 166 valence electrons. The van der Waals surface area contributed by atoms with E-state index in [4.69, 9.17) is 10.2 Å². The van der Waals surface area contributed by atoms with Gasteiger partial charge in [0.2, 0.25) is 11.5 Å². The molecule has 33 heavy (non-hydrogen) atoms. The molecule has 0 saturated heterocycles. The predicted molar refractivity (Wildman–Crippen MR) is 124 cm³/mol. The van der Waals surface area contributed by atoms with Crippen LogP contribution in [0.15, 0.2) is 70.2 Å². The minimum absolute atomic E-state index is 0.0359. The molecule has 0 aliphatic heterocycles. The number of benzene rings is 2. The molecule has 0 unspecified atom stereocenters. The second-order valence-electron chi connectivity index (χ2n) is 7.58. The largest absolute Gasteiger partial charge is 0.436 e. The Labute approximate surface area is 189 Å². The van der Waals surface area contributed by atoms with E-state index in [2.05, 4.69) is 15.3 Å². The zero-order valence-electron chi connectivity index (χ0n) is 18.1. The van der Waals surface area contributed by atoms with E-state index in [1.54, 1.807) is 49.5 Å². The summed E-state index contributed by atoms with van der Waals surface area (Å²) in [5.74, 6) is -1.03. The number of aliphatic hydroxyl groups excluding tert-OH is 1. The van der Waals surface area contributed by atoms with E-state index in [0.717, 1.165) is 5.56 Å². The highest BCUT2D eigenvalue weighted by Crippen LogP contribution is 2.22. The molecule has 2 aromatic heterocycles. The number of pyridine rings is 1. The fourth-order valence-corrected chi connectivity index (χ4v) is 3.34. The highest BCUT2D eigenvalue weighted by Gasteiger charge is 2.17. The molecule has 0 bridgehead atoms. The number of primary amides is 1. The standard InChI is InChI=1S/C25H22N4O4/c1-14-6-8-18(9-7-14)28-24(32)21-11-20-17(13-30)12-27-15(2)22(20)33-25(21)29-19-5-3-4-16(10-19)23(26)31/h3-12,30H,13H2,1-2H3,(H2,26,31)(H,28,32). The zero-order valence-corrected chi connectivity index (χ0v) is 18.1. The number of aromatic nitrogens is 1. The summed E-state index contributed by atoms with van der Waals surface area (Å²) in [6, 6.07) is 15.4. The number of hydrogen-bond acceptors (Lipinski definition) is 6. The number of carbonyl (C=O) groups excluding carboxylic acids is 2. The molecule has 0 aliphatic rings. The smallest absolute Gasteiger partial charge is 0.261 e. The van der Waals surface area contributed by atoms with Crippen molar-refractivity contribution in [2.75, 3.05) is 5.32 Å². The third kappa shape index (κ3) is 4.65. The molecule has 0 fully saturated rings. The van der Waals surface area contributed by atoms with E-state index in [1.165, 1.54) is 6.07 Å². The van der Waals surface area contributed by atoms with E-state index >= 15 is 0 Å². The summed E-state index contributed by atoms with van der Waals surface area (Å²) in [4.78, 5) is 33.5. The van der Waals surface area contributed by atoms with Gasteiger partial charge in [0.25, 0.3) is 5.91 Å². The number of nitrogens with two attached hydrogens (primary N) is 1. The first-order valence-corrected chi connectivity index (χ1v) is 10.2. The topological polar surface area (TPSA) is 131 Å². The Morgan fingerprint density at radius 1 is 1.12 bits per heavy atom. The van der Waals surface area contributed by atoms with Crippen LogP contribution in [0, 0.1) is 13.8 Å². The SMILES string of the molecule is Cc1ccc(NC(=O)c2cc3c(CO)cnc(C)c3oc2=Nc2cccc(C(N)=O)c2)cc1. The maximum Gasteiger partial charge on any atom is 0.261 e. The van der Waals surface area contributed by atoms with Crippen molar-refractivity contribution in [1.82, 2.24) is 4.98 Å². The van der Waals surface area contributed by atoms with Gasteiger partial charge < -0.3 is 20.6 Å². The quantitative estimate of drug-likeness (QED) is 0.435. The van der Waals surface area contributed by atoms with Crippen molar-refractivity contribution < 1.29 is 19.1 Å². The van der Waals surface area contributed by atoms with Crippen molar-refractivity contribution in [2.45, 2.75) is 20.5 Å². The summed E-state index contributed by atoms with van der Waals surface area (Å²) in [6.45, 7) is 3.45. The summed E-state index contributed by atoms with van der Waals surface area (Å²) in [5, 5.41) is 13.2. The van der Waals surface area contributed by atoms with Gasteiger partial charge in [0.1, 0.15) is 5.56 Å². The van der Waals surface area contributed by atoms with Crippen molar-refractivity contribution in [1.29, 1.82) is 0 Å². The first-order chi connectivity index (χ1) is 15.9. The molecule has 0 atom stereocenters. The Hall–Kier alpha value is -4.30. The number of aliphatic hydroxyl groups is 1. The van der Waals surface area contributed by atoms with Crippen LogP contribution in [0.3, 0.4) is 0 Å². The normalized spacial score (nSPS) is 11.5. The number of nitrogens with zero attached hydrogens (tertiary/aromatic N) is 2. The Morgan fingerprint density at radius 2 is 1.88 bits per heavy atom. The maximum atomic E-state index is 13.2. The number of aryl methyl sites for hydroxylation is 2. The van der Waals surface area contributed by atoms with Crippen LogP contribution in [0.5, 0.6) is 0 Å². The van der Waals surface area contributed by atoms with Crippen molar-refractivity contribution in [3.05, 3.63) is 94.3 Å². The van der Waals surface area contributed by atoms with Gasteiger partial charge in [-0.2, -0.15) is 0 Å². The van der Waals surface area contributed by atoms with Crippen LogP contribution >= 0.6 is 0 Å². The monoisotopic (exact) mass is 442 g/mol. The van der Waals surface area contributed by atoms with Gasteiger partial charge in [0.15, 0.2) is 5.58 Å². The first-order valence-electron chi connectivity index (χ1n) is 10.2. The van der Waals surface area contributed by atoms with Crippen molar-refractivity contribution in [3.8, 4) is 0 Å². The fraction of sp³-hybridized carbons (Fsp3) is 0.120. The Morgan fingerprint density at radius 3 is 2.58 bits per heavy atom. The molecule has 0 spiro atoms. The summed E-state index contributed by atoms with van der Waals surface area (Å²) < 4.78 is 6.03. The highest BCUT2D eigenvalue weighted by molar-refractivity contribution is 6.05. The number of carbonyl (C=O) groups is 2. The molecule has 4 aromatic rings. The lowest BCUT2D eigenvalue weighted by Crippen LogP contribution is -2.22. The minimum Gasteiger partial charge on any atom is -0.436 e. The van der Waals surface area contributed by atoms with Gasteiger partial charge in [-0.25, -0.2) is 4.99 Å². The second-order valence-corrected chi connectivity index (χ2v) is 7.58. The van der Waals surface area contributed by atoms with Crippen LogP contribution in [-0.2, 0) is 6.61 Å². The summed E-state index contributed by atoms with van der Waals surface area (Å²) in [7, 11) is 0. The number of fused-ring (bicyclic) bond motifs is 1. The van der Waals surface area contributed by atoms with E-state index in [-0.39, 0.29) is 23.3 Å². The number of anilines is 1. The average molecular weight is 442 g/mol. The van der Waals surface area contributed by atoms with Crippen LogP contribution in [0.2, 0.25) is 0 Å². The van der Waals surface area contributed by atoms with Gasteiger partial charge in [0.05, 0.1) is 18.0 Å². The van der Waals surface area contributed by atoms with Crippen LogP contribution in [0.1, 0.15) is 37.5 Å². The number of nitrogens with one attached hydrogen (secondary N) is 1. The van der Waals surface area contributed by atoms with Crippen molar-refractivity contribution in [2.24, 2.45) is 10.7 Å². The summed E-state index contributed by atoms with van der Waals surface area (Å²) >= 11 is 0. The van der Waals surface area contributed by atoms with Crippen LogP contribution in [0.25, 0.3) is 11.0 Å². The number of hydrogen-bond donors (Lipinski definition) is 3. The van der Waals surface area contributed by atoms with E-state index in [9.17, 15) is 14.7 Å². The van der Waals surface area contributed by atoms with E-state index < -0.39 is 11.8 Å². The summed E-state index contributed by atoms with van der Waals surface area (Å²) in [5.41, 5.74) is 9.42. The Kier molecular flexibility index (Phi) is 6.01. The molecule has 8 nitrogen and oxygen atoms in total. The lowest BCUT2D eigenvalue weighted by molar-refractivity contribution is 0.0997. The molecular weight excluding hydrogens is 420 g/mol. The van der Waals surface area contributed by atoms with Gasteiger partial charge in [0, 0.05) is 28.4 Å². The molecule has 8 heteroatoms. The van der Waals surface area contributed by atoms with Crippen molar-refractivity contribution >= 4 is 34.2 Å². The zero-order chi connectivity index (χ0) is 23.5. The fourth-order valence-electron chi connectivity index (χ4n) is 3.34. The predicted octanol–water partition coefficient (Wildman–Crippen LogP) is 3.52. The first kappa shape index (κ1) is 21.9. The second kappa shape index (κ2) is 9.05. The molecule has 4 N–H and O–H groups in total. The number of amides is 2. The van der Waals surface area contributed by atoms with Crippen LogP contribution in [-0.4, -0.2) is 21.9 Å². The van der Waals surface area contributed by atoms with E-state index in [1.807, 2.05) is 19.1 Å². The average Bonchev–Trinajstić information content (AvgIpc) is 2.81. The van der Waals surface area contributed by atoms with Gasteiger partial charge in [-0.3, -0.25) is 14.6 Å². The molecule has 2 heterocycles. The van der Waals surface area contributed by atoms with Crippen LogP contribution < -0.4 is 16.6 Å². The van der Waals surface area contributed by atoms with Gasteiger partial charge in [-0.05, 0) is 50.2 Å². The molecule has 0 aliphatic carbocycles. The maximum absolute atomic E-state index is 13.2. The van der Waals surface area contributed by atoms with Crippen LogP contribution in [0.4, 0.5) is 11.4 Å². The summed E-state index contributed by atoms with van der Waals surface area (Å²) in [6.07, 6.45) is 1.54. The highest BCUT2D eigenvalue weighted by atomic mass is 16.3. The molecule has 0 radical (unpaired) electrons. The van der Waals surface area contributed by atoms with Gasteiger partial charge >= 0.3 is 0 Å². The Balaban J connectivity index is 1.92. The molecule has 4 rings (SSSR count). The molecule has 2 amide bonds. The lowest BCUT2D eigenvalue weighted by atomic mass is 10.1. The van der Waals surface area contributed by atoms with Crippen molar-refractivity contribution in [3.63, 3.8) is 0 Å². The Bertz CT molecular complexity index is 1440. The third-order valence-electron chi connectivity index (χ3n) is 5.14. The third-order valence-corrected chi connectivity index (χ3v) is 5.14. The van der Waals surface area contributed by atoms with Gasteiger partial charge in [-0.15, -0.1) is 0 Å². The van der Waals surface area contributed by atoms with Gasteiger partial charge in [-0.1, -0.05) is 23.8 Å². The molecule has 0 saturated carbocycles. The van der Waals surface area contributed by atoms with E-state index in [0.29, 0.717) is 33.6 Å². The molecular formula is C25H22N4O4. The molecule has 2 aromatic carbocycles. The lowest BCUT2D eigenvalue weighted by Gasteiger charge is -2.10.